The van der Waals surface area contributed by atoms with Crippen molar-refractivity contribution in [2.24, 2.45) is 0 Å². The maximum absolute atomic E-state index is 13.4. The van der Waals surface area contributed by atoms with E-state index in [-0.39, 0.29) is 18.3 Å². The highest BCUT2D eigenvalue weighted by atomic mass is 19.1. The fourth-order valence-electron chi connectivity index (χ4n) is 2.13. The largest absolute Gasteiger partial charge is 0.376 e. The molecule has 0 radical (unpaired) electrons. The number of amides is 1. The van der Waals surface area contributed by atoms with E-state index in [1.54, 1.807) is 19.1 Å². The Morgan fingerprint density at radius 1 is 1.00 bits per heavy atom. The predicted octanol–water partition coefficient (Wildman–Crippen LogP) is 3.80. The SMILES string of the molecule is Cc1cc(C)cc(NCC(=O)Nc2ccc(C)c(F)c2)c1. The van der Waals surface area contributed by atoms with E-state index in [9.17, 15) is 9.18 Å². The average molecular weight is 286 g/mol. The van der Waals surface area contributed by atoms with E-state index in [4.69, 9.17) is 0 Å². The second-order valence-electron chi connectivity index (χ2n) is 5.24. The maximum Gasteiger partial charge on any atom is 0.243 e. The van der Waals surface area contributed by atoms with Gasteiger partial charge in [-0.15, -0.1) is 0 Å². The molecule has 0 atom stereocenters. The van der Waals surface area contributed by atoms with Crippen molar-refractivity contribution in [3.05, 3.63) is 58.9 Å². The summed E-state index contributed by atoms with van der Waals surface area (Å²) >= 11 is 0. The number of aryl methyl sites for hydroxylation is 3. The second kappa shape index (κ2) is 6.39. The van der Waals surface area contributed by atoms with Crippen molar-refractivity contribution >= 4 is 17.3 Å². The zero-order chi connectivity index (χ0) is 15.4. The molecule has 0 aliphatic carbocycles. The van der Waals surface area contributed by atoms with Crippen molar-refractivity contribution in [3.8, 4) is 0 Å². The van der Waals surface area contributed by atoms with Crippen LogP contribution >= 0.6 is 0 Å². The number of carbonyl (C=O) groups is 1. The number of nitrogens with one attached hydrogen (secondary N) is 2. The molecule has 0 aliphatic heterocycles. The van der Waals surface area contributed by atoms with Gasteiger partial charge in [0.15, 0.2) is 0 Å². The third-order valence-corrected chi connectivity index (χ3v) is 3.13. The summed E-state index contributed by atoms with van der Waals surface area (Å²) in [6.45, 7) is 5.83. The molecule has 0 aromatic heterocycles. The number of carbonyl (C=O) groups excluding carboxylic acids is 1. The van der Waals surface area contributed by atoms with Gasteiger partial charge in [0, 0.05) is 11.4 Å². The molecule has 21 heavy (non-hydrogen) atoms. The monoisotopic (exact) mass is 286 g/mol. The summed E-state index contributed by atoms with van der Waals surface area (Å²) in [6.07, 6.45) is 0. The lowest BCUT2D eigenvalue weighted by Gasteiger charge is -2.10. The molecule has 0 fully saturated rings. The van der Waals surface area contributed by atoms with Crippen molar-refractivity contribution < 1.29 is 9.18 Å². The van der Waals surface area contributed by atoms with Gasteiger partial charge in [-0.05, 0) is 61.7 Å². The van der Waals surface area contributed by atoms with Gasteiger partial charge in [-0.25, -0.2) is 4.39 Å². The summed E-state index contributed by atoms with van der Waals surface area (Å²) in [4.78, 5) is 11.9. The number of halogens is 1. The van der Waals surface area contributed by atoms with E-state index in [0.717, 1.165) is 16.8 Å². The Hall–Kier alpha value is -2.36. The molecule has 2 aromatic rings. The van der Waals surface area contributed by atoms with Crippen LogP contribution in [0.4, 0.5) is 15.8 Å². The number of rotatable bonds is 4. The molecule has 2 aromatic carbocycles. The smallest absolute Gasteiger partial charge is 0.243 e. The fourth-order valence-corrected chi connectivity index (χ4v) is 2.13. The Labute approximate surface area is 124 Å². The highest BCUT2D eigenvalue weighted by Gasteiger charge is 2.05. The molecule has 3 nitrogen and oxygen atoms in total. The number of anilines is 2. The average Bonchev–Trinajstić information content (AvgIpc) is 2.40. The minimum Gasteiger partial charge on any atom is -0.376 e. The molecular formula is C17H19FN2O. The summed E-state index contributed by atoms with van der Waals surface area (Å²) in [5.41, 5.74) is 4.20. The van der Waals surface area contributed by atoms with Gasteiger partial charge in [0.2, 0.25) is 5.91 Å². The van der Waals surface area contributed by atoms with Crippen LogP contribution in [0.3, 0.4) is 0 Å². The lowest BCUT2D eigenvalue weighted by Crippen LogP contribution is -2.21. The van der Waals surface area contributed by atoms with E-state index < -0.39 is 0 Å². The first-order valence-electron chi connectivity index (χ1n) is 6.82. The first-order chi connectivity index (χ1) is 9.94. The minimum atomic E-state index is -0.324. The fraction of sp³-hybridized carbons (Fsp3) is 0.235. The lowest BCUT2D eigenvalue weighted by atomic mass is 10.1. The third kappa shape index (κ3) is 4.31. The van der Waals surface area contributed by atoms with Crippen LogP contribution in [-0.2, 0) is 4.79 Å². The van der Waals surface area contributed by atoms with Gasteiger partial charge >= 0.3 is 0 Å². The topological polar surface area (TPSA) is 41.1 Å². The van der Waals surface area contributed by atoms with Crippen LogP contribution in [0.15, 0.2) is 36.4 Å². The number of hydrogen-bond acceptors (Lipinski definition) is 2. The summed E-state index contributed by atoms with van der Waals surface area (Å²) in [6, 6.07) is 10.7. The van der Waals surface area contributed by atoms with Crippen molar-refractivity contribution in [2.45, 2.75) is 20.8 Å². The lowest BCUT2D eigenvalue weighted by molar-refractivity contribution is -0.114. The number of hydrogen-bond donors (Lipinski definition) is 2. The normalized spacial score (nSPS) is 10.3. The molecule has 0 aliphatic rings. The van der Waals surface area contributed by atoms with Gasteiger partial charge < -0.3 is 10.6 Å². The van der Waals surface area contributed by atoms with Crippen LogP contribution in [0, 0.1) is 26.6 Å². The molecule has 1 amide bonds. The van der Waals surface area contributed by atoms with Crippen LogP contribution in [-0.4, -0.2) is 12.5 Å². The van der Waals surface area contributed by atoms with E-state index in [0.29, 0.717) is 11.3 Å². The number of benzene rings is 2. The van der Waals surface area contributed by atoms with Crippen molar-refractivity contribution in [1.29, 1.82) is 0 Å². The second-order valence-corrected chi connectivity index (χ2v) is 5.24. The zero-order valence-corrected chi connectivity index (χ0v) is 12.5. The minimum absolute atomic E-state index is 0.137. The van der Waals surface area contributed by atoms with Crippen molar-refractivity contribution in [1.82, 2.24) is 0 Å². The molecule has 110 valence electrons. The Balaban J connectivity index is 1.94. The molecule has 0 unspecified atom stereocenters. The van der Waals surface area contributed by atoms with Crippen LogP contribution in [0.2, 0.25) is 0 Å². The van der Waals surface area contributed by atoms with Gasteiger partial charge in [-0.3, -0.25) is 4.79 Å². The zero-order valence-electron chi connectivity index (χ0n) is 12.5. The van der Waals surface area contributed by atoms with E-state index in [1.165, 1.54) is 6.07 Å². The first-order valence-corrected chi connectivity index (χ1v) is 6.82. The molecule has 0 saturated carbocycles. The van der Waals surface area contributed by atoms with Gasteiger partial charge in [0.25, 0.3) is 0 Å². The maximum atomic E-state index is 13.4. The van der Waals surface area contributed by atoms with E-state index in [1.807, 2.05) is 26.0 Å². The summed E-state index contributed by atoms with van der Waals surface area (Å²) in [5, 5.41) is 5.73. The van der Waals surface area contributed by atoms with Crippen molar-refractivity contribution in [3.63, 3.8) is 0 Å². The Kier molecular flexibility index (Phi) is 4.58. The quantitative estimate of drug-likeness (QED) is 0.897. The van der Waals surface area contributed by atoms with Gasteiger partial charge in [-0.2, -0.15) is 0 Å². The molecule has 0 saturated heterocycles. The third-order valence-electron chi connectivity index (χ3n) is 3.13. The molecular weight excluding hydrogens is 267 g/mol. The first kappa shape index (κ1) is 15.0. The molecule has 0 spiro atoms. The van der Waals surface area contributed by atoms with Crippen LogP contribution in [0.25, 0.3) is 0 Å². The Morgan fingerprint density at radius 3 is 2.29 bits per heavy atom. The van der Waals surface area contributed by atoms with Crippen molar-refractivity contribution in [2.75, 3.05) is 17.2 Å². The Morgan fingerprint density at radius 2 is 1.67 bits per heavy atom. The summed E-state index contributed by atoms with van der Waals surface area (Å²) in [7, 11) is 0. The molecule has 0 bridgehead atoms. The Bertz CT molecular complexity index is 648. The highest BCUT2D eigenvalue weighted by molar-refractivity contribution is 5.93. The van der Waals surface area contributed by atoms with Crippen LogP contribution in [0.1, 0.15) is 16.7 Å². The summed E-state index contributed by atoms with van der Waals surface area (Å²) in [5.74, 6) is -0.535. The molecule has 2 rings (SSSR count). The van der Waals surface area contributed by atoms with Gasteiger partial charge in [0.05, 0.1) is 6.54 Å². The molecule has 0 heterocycles. The molecule has 4 heteroatoms. The van der Waals surface area contributed by atoms with Gasteiger partial charge in [-0.1, -0.05) is 12.1 Å². The summed E-state index contributed by atoms with van der Waals surface area (Å²) < 4.78 is 13.4. The molecule has 2 N–H and O–H groups in total. The predicted molar refractivity (Wildman–Crippen MR) is 84.2 cm³/mol. The van der Waals surface area contributed by atoms with Crippen LogP contribution < -0.4 is 10.6 Å². The van der Waals surface area contributed by atoms with E-state index in [2.05, 4.69) is 16.7 Å². The van der Waals surface area contributed by atoms with E-state index >= 15 is 0 Å². The standard InChI is InChI=1S/C17H19FN2O/c1-11-6-12(2)8-15(7-11)19-10-17(21)20-14-5-4-13(3)16(18)9-14/h4-9,19H,10H2,1-3H3,(H,20,21). The van der Waals surface area contributed by atoms with Gasteiger partial charge in [0.1, 0.15) is 5.82 Å². The highest BCUT2D eigenvalue weighted by Crippen LogP contribution is 2.15. The van der Waals surface area contributed by atoms with Crippen LogP contribution in [0.5, 0.6) is 0 Å².